The molecule has 0 N–H and O–H groups in total. The van der Waals surface area contributed by atoms with Crippen LogP contribution in [0.1, 0.15) is 20.3 Å². The van der Waals surface area contributed by atoms with E-state index in [0.717, 1.165) is 11.8 Å². The van der Waals surface area contributed by atoms with Gasteiger partial charge in [0.15, 0.2) is 0 Å². The van der Waals surface area contributed by atoms with Crippen LogP contribution in [-0.4, -0.2) is 30.8 Å². The van der Waals surface area contributed by atoms with Crippen molar-refractivity contribution in [3.05, 3.63) is 36.5 Å². The first kappa shape index (κ1) is 14.5. The Bertz CT molecular complexity index is 742. The molecular formula is C16H20N2O2S. The summed E-state index contributed by atoms with van der Waals surface area (Å²) in [6.45, 7) is 5.41. The van der Waals surface area contributed by atoms with Gasteiger partial charge in [-0.15, -0.1) is 0 Å². The van der Waals surface area contributed by atoms with Crippen LogP contribution >= 0.6 is 0 Å². The third-order valence-corrected chi connectivity index (χ3v) is 5.91. The number of hydrogen-bond acceptors (Lipinski definition) is 3. The van der Waals surface area contributed by atoms with E-state index in [2.05, 4.69) is 18.8 Å². The highest BCUT2D eigenvalue weighted by atomic mass is 32.2. The molecule has 0 aliphatic carbocycles. The molecule has 0 spiro atoms. The zero-order chi connectivity index (χ0) is 15.0. The van der Waals surface area contributed by atoms with E-state index in [-0.39, 0.29) is 0 Å². The number of hydrogen-bond donors (Lipinski definition) is 0. The largest absolute Gasteiger partial charge is 0.255 e. The molecule has 1 aliphatic rings. The average molecular weight is 304 g/mol. The lowest BCUT2D eigenvalue weighted by Gasteiger charge is -2.34. The first-order chi connectivity index (χ1) is 9.98. The summed E-state index contributed by atoms with van der Waals surface area (Å²) in [6, 6.07) is 9.05. The van der Waals surface area contributed by atoms with Crippen molar-refractivity contribution >= 4 is 20.9 Å². The monoisotopic (exact) mass is 304 g/mol. The Balaban J connectivity index is 2.08. The molecular weight excluding hydrogens is 284 g/mol. The van der Waals surface area contributed by atoms with Gasteiger partial charge in [-0.25, -0.2) is 8.42 Å². The Kier molecular flexibility index (Phi) is 3.71. The predicted molar refractivity (Wildman–Crippen MR) is 83.4 cm³/mol. The van der Waals surface area contributed by atoms with Crippen molar-refractivity contribution in [3.8, 4) is 0 Å². The highest BCUT2D eigenvalue weighted by molar-refractivity contribution is 7.89. The molecule has 0 bridgehead atoms. The number of nitrogens with zero attached hydrogens (tertiary/aromatic N) is 2. The van der Waals surface area contributed by atoms with Crippen LogP contribution in [0.15, 0.2) is 41.4 Å². The number of aromatic nitrogens is 1. The summed E-state index contributed by atoms with van der Waals surface area (Å²) in [5.41, 5.74) is 0.561. The lowest BCUT2D eigenvalue weighted by molar-refractivity contribution is 0.222. The van der Waals surface area contributed by atoms with Gasteiger partial charge in [0.2, 0.25) is 10.0 Å². The minimum atomic E-state index is -3.48. The molecule has 112 valence electrons. The highest BCUT2D eigenvalue weighted by Crippen LogP contribution is 2.29. The quantitative estimate of drug-likeness (QED) is 0.857. The van der Waals surface area contributed by atoms with E-state index in [1.54, 1.807) is 22.6 Å². The van der Waals surface area contributed by atoms with Crippen LogP contribution in [0, 0.1) is 11.8 Å². The van der Waals surface area contributed by atoms with E-state index in [1.165, 1.54) is 0 Å². The van der Waals surface area contributed by atoms with Gasteiger partial charge >= 0.3 is 0 Å². The molecule has 3 rings (SSSR count). The maximum Gasteiger partial charge on any atom is 0.245 e. The van der Waals surface area contributed by atoms with Gasteiger partial charge in [0.05, 0.1) is 5.52 Å². The summed E-state index contributed by atoms with van der Waals surface area (Å²) in [6.07, 6.45) is 2.72. The van der Waals surface area contributed by atoms with Gasteiger partial charge in [-0.2, -0.15) is 4.31 Å². The summed E-state index contributed by atoms with van der Waals surface area (Å²) in [7, 11) is -3.48. The van der Waals surface area contributed by atoms with Crippen LogP contribution in [-0.2, 0) is 10.0 Å². The minimum Gasteiger partial charge on any atom is -0.255 e. The second kappa shape index (κ2) is 5.39. The Morgan fingerprint density at radius 2 is 1.76 bits per heavy atom. The fourth-order valence-corrected chi connectivity index (χ4v) is 5.07. The first-order valence-electron chi connectivity index (χ1n) is 7.32. The number of piperidine rings is 1. The maximum absolute atomic E-state index is 13.0. The van der Waals surface area contributed by atoms with Crippen molar-refractivity contribution in [2.75, 3.05) is 13.1 Å². The van der Waals surface area contributed by atoms with Crippen molar-refractivity contribution in [1.29, 1.82) is 0 Å². The van der Waals surface area contributed by atoms with Gasteiger partial charge in [-0.05, 0) is 30.4 Å². The normalized spacial score (nSPS) is 24.3. The van der Waals surface area contributed by atoms with Gasteiger partial charge in [-0.1, -0.05) is 32.0 Å². The first-order valence-corrected chi connectivity index (χ1v) is 8.76. The Labute approximate surface area is 125 Å². The number of benzene rings is 1. The minimum absolute atomic E-state index is 0.321. The van der Waals surface area contributed by atoms with Crippen LogP contribution in [0.2, 0.25) is 0 Å². The second-order valence-electron chi connectivity index (χ2n) is 6.10. The van der Waals surface area contributed by atoms with Crippen LogP contribution in [0.5, 0.6) is 0 Å². The number of pyridine rings is 1. The molecule has 5 heteroatoms. The van der Waals surface area contributed by atoms with Crippen LogP contribution < -0.4 is 0 Å². The molecule has 2 heterocycles. The molecule has 0 saturated carbocycles. The van der Waals surface area contributed by atoms with Crippen molar-refractivity contribution < 1.29 is 8.42 Å². The van der Waals surface area contributed by atoms with E-state index >= 15 is 0 Å². The van der Waals surface area contributed by atoms with Crippen molar-refractivity contribution in [2.45, 2.75) is 25.2 Å². The molecule has 2 aromatic rings. The molecule has 1 fully saturated rings. The maximum atomic E-state index is 13.0. The van der Waals surface area contributed by atoms with Crippen LogP contribution in [0.4, 0.5) is 0 Å². The lowest BCUT2D eigenvalue weighted by Crippen LogP contribution is -2.42. The second-order valence-corrected chi connectivity index (χ2v) is 8.01. The van der Waals surface area contributed by atoms with Gasteiger partial charge in [0.1, 0.15) is 4.90 Å². The van der Waals surface area contributed by atoms with Gasteiger partial charge in [0, 0.05) is 24.7 Å². The SMILES string of the molecule is C[C@@H]1C[C@H](C)CN(S(=O)(=O)c2cccc3cccnc23)C1. The zero-order valence-electron chi connectivity index (χ0n) is 12.4. The Hall–Kier alpha value is -1.46. The fraction of sp³-hybridized carbons (Fsp3) is 0.438. The van der Waals surface area contributed by atoms with Gasteiger partial charge in [-0.3, -0.25) is 4.98 Å². The van der Waals surface area contributed by atoms with E-state index in [4.69, 9.17) is 0 Å². The molecule has 0 radical (unpaired) electrons. The summed E-state index contributed by atoms with van der Waals surface area (Å²) < 4.78 is 27.6. The molecule has 1 aliphatic heterocycles. The number of sulfonamides is 1. The van der Waals surface area contributed by atoms with Crippen molar-refractivity contribution in [1.82, 2.24) is 9.29 Å². The summed E-state index contributed by atoms with van der Waals surface area (Å²) in [5, 5.41) is 0.858. The van der Waals surface area contributed by atoms with Gasteiger partial charge < -0.3 is 0 Å². The van der Waals surface area contributed by atoms with E-state index in [1.807, 2.05) is 18.2 Å². The topological polar surface area (TPSA) is 50.3 Å². The number of fused-ring (bicyclic) bond motifs is 1. The van der Waals surface area contributed by atoms with E-state index < -0.39 is 10.0 Å². The zero-order valence-corrected chi connectivity index (χ0v) is 13.2. The molecule has 2 atom stereocenters. The third-order valence-electron chi connectivity index (χ3n) is 4.05. The Morgan fingerprint density at radius 1 is 1.10 bits per heavy atom. The van der Waals surface area contributed by atoms with Gasteiger partial charge in [0.25, 0.3) is 0 Å². The van der Waals surface area contributed by atoms with Crippen LogP contribution in [0.25, 0.3) is 10.9 Å². The number of para-hydroxylation sites is 1. The molecule has 1 saturated heterocycles. The average Bonchev–Trinajstić information content (AvgIpc) is 2.45. The van der Waals surface area contributed by atoms with E-state index in [0.29, 0.717) is 35.3 Å². The highest BCUT2D eigenvalue weighted by Gasteiger charge is 2.32. The molecule has 0 amide bonds. The van der Waals surface area contributed by atoms with E-state index in [9.17, 15) is 8.42 Å². The predicted octanol–water partition coefficient (Wildman–Crippen LogP) is 2.90. The van der Waals surface area contributed by atoms with Crippen LogP contribution in [0.3, 0.4) is 0 Å². The lowest BCUT2D eigenvalue weighted by atomic mass is 9.94. The molecule has 1 aromatic heterocycles. The standard InChI is InChI=1S/C16H20N2O2S/c1-12-9-13(2)11-18(10-12)21(19,20)15-7-3-5-14-6-4-8-17-16(14)15/h3-8,12-13H,9-11H2,1-2H3/t12-,13+. The smallest absolute Gasteiger partial charge is 0.245 e. The van der Waals surface area contributed by atoms with Crippen molar-refractivity contribution in [2.24, 2.45) is 11.8 Å². The Morgan fingerprint density at radius 3 is 2.48 bits per heavy atom. The molecule has 4 nitrogen and oxygen atoms in total. The summed E-state index contributed by atoms with van der Waals surface area (Å²) >= 11 is 0. The summed E-state index contributed by atoms with van der Waals surface area (Å²) in [4.78, 5) is 4.60. The number of rotatable bonds is 2. The molecule has 21 heavy (non-hydrogen) atoms. The van der Waals surface area contributed by atoms with Crippen molar-refractivity contribution in [3.63, 3.8) is 0 Å². The molecule has 0 unspecified atom stereocenters. The summed E-state index contributed by atoms with van der Waals surface area (Å²) in [5.74, 6) is 0.790. The molecule has 1 aromatic carbocycles. The third kappa shape index (κ3) is 2.68. The fourth-order valence-electron chi connectivity index (χ4n) is 3.23.